The fourth-order valence-electron chi connectivity index (χ4n) is 3.51. The number of anilines is 1. The number of rotatable bonds is 6. The van der Waals surface area contributed by atoms with Gasteiger partial charge >= 0.3 is 6.18 Å². The van der Waals surface area contributed by atoms with Crippen molar-refractivity contribution in [1.82, 2.24) is 14.9 Å². The van der Waals surface area contributed by atoms with Crippen LogP contribution >= 0.6 is 0 Å². The Hall–Kier alpha value is -2.89. The van der Waals surface area contributed by atoms with Crippen LogP contribution < -0.4 is 9.64 Å². The van der Waals surface area contributed by atoms with E-state index in [1.54, 1.807) is 4.90 Å². The van der Waals surface area contributed by atoms with Gasteiger partial charge in [-0.1, -0.05) is 0 Å². The molecule has 8 nitrogen and oxygen atoms in total. The van der Waals surface area contributed by atoms with Gasteiger partial charge in [0.1, 0.15) is 23.6 Å². The summed E-state index contributed by atoms with van der Waals surface area (Å²) >= 11 is 0. The molecular formula is C21H23F3N4O4S. The molecule has 4 rings (SSSR count). The maximum Gasteiger partial charge on any atom is 0.433 e. The van der Waals surface area contributed by atoms with Gasteiger partial charge in [-0.2, -0.15) is 13.2 Å². The van der Waals surface area contributed by atoms with E-state index in [2.05, 4.69) is 9.97 Å². The number of carbonyl (C=O) groups is 1. The Morgan fingerprint density at radius 2 is 1.82 bits per heavy atom. The van der Waals surface area contributed by atoms with E-state index in [0.29, 0.717) is 18.3 Å². The van der Waals surface area contributed by atoms with Gasteiger partial charge in [0.2, 0.25) is 0 Å². The number of sulfone groups is 1. The Kier molecular flexibility index (Phi) is 6.21. The average Bonchev–Trinajstić information content (AvgIpc) is 3.61. The summed E-state index contributed by atoms with van der Waals surface area (Å²) in [5.41, 5.74) is -0.866. The number of amides is 1. The predicted octanol–water partition coefficient (Wildman–Crippen LogP) is 2.65. The van der Waals surface area contributed by atoms with Crippen LogP contribution in [0, 0.1) is 5.92 Å². The van der Waals surface area contributed by atoms with Crippen LogP contribution in [0.25, 0.3) is 0 Å². The maximum atomic E-state index is 13.2. The maximum absolute atomic E-state index is 13.2. The van der Waals surface area contributed by atoms with Crippen molar-refractivity contribution in [2.24, 2.45) is 5.92 Å². The quantitative estimate of drug-likeness (QED) is 0.622. The third kappa shape index (κ3) is 5.55. The van der Waals surface area contributed by atoms with Crippen molar-refractivity contribution >= 4 is 21.6 Å². The lowest BCUT2D eigenvalue weighted by Gasteiger charge is -2.35. The molecule has 1 amide bonds. The number of hydrogen-bond acceptors (Lipinski definition) is 7. The predicted molar refractivity (Wildman–Crippen MR) is 113 cm³/mol. The number of piperazine rings is 1. The molecule has 1 aliphatic carbocycles. The number of hydrogen-bond donors (Lipinski definition) is 0. The zero-order valence-electron chi connectivity index (χ0n) is 17.9. The van der Waals surface area contributed by atoms with Crippen LogP contribution in [0.5, 0.6) is 5.75 Å². The summed E-state index contributed by atoms with van der Waals surface area (Å²) in [4.78, 5) is 23.6. The number of nitrogens with zero attached hydrogens (tertiary/aromatic N) is 4. The van der Waals surface area contributed by atoms with Crippen LogP contribution in [-0.4, -0.2) is 68.2 Å². The Morgan fingerprint density at radius 3 is 2.42 bits per heavy atom. The van der Waals surface area contributed by atoms with E-state index >= 15 is 0 Å². The zero-order chi connectivity index (χ0) is 23.8. The first-order chi connectivity index (χ1) is 15.5. The zero-order valence-corrected chi connectivity index (χ0v) is 18.7. The molecule has 0 N–H and O–H groups in total. The molecule has 0 bridgehead atoms. The second kappa shape index (κ2) is 8.81. The first kappa shape index (κ1) is 23.3. The summed E-state index contributed by atoms with van der Waals surface area (Å²) < 4.78 is 68.6. The smallest absolute Gasteiger partial charge is 0.433 e. The lowest BCUT2D eigenvalue weighted by molar-refractivity contribution is -0.141. The largest absolute Gasteiger partial charge is 0.492 e. The fraction of sp³-hybridized carbons (Fsp3) is 0.476. The highest BCUT2D eigenvalue weighted by Crippen LogP contribution is 2.32. The minimum atomic E-state index is -4.57. The average molecular weight is 485 g/mol. The van der Waals surface area contributed by atoms with Crippen LogP contribution in [0.15, 0.2) is 35.5 Å². The van der Waals surface area contributed by atoms with Gasteiger partial charge in [0.15, 0.2) is 9.84 Å². The highest BCUT2D eigenvalue weighted by molar-refractivity contribution is 7.90. The van der Waals surface area contributed by atoms with Gasteiger partial charge in [-0.3, -0.25) is 4.79 Å². The summed E-state index contributed by atoms with van der Waals surface area (Å²) in [6, 6.07) is 5.13. The number of aromatic nitrogens is 2. The molecule has 0 atom stereocenters. The van der Waals surface area contributed by atoms with Crippen molar-refractivity contribution in [2.75, 3.05) is 43.9 Å². The number of halogens is 3. The van der Waals surface area contributed by atoms with Crippen molar-refractivity contribution in [3.05, 3.63) is 41.9 Å². The molecule has 2 heterocycles. The summed E-state index contributed by atoms with van der Waals surface area (Å²) in [5.74, 6) is 0.523. The van der Waals surface area contributed by atoms with Crippen molar-refractivity contribution in [3.63, 3.8) is 0 Å². The fourth-order valence-corrected chi connectivity index (χ4v) is 4.16. The second-order valence-corrected chi connectivity index (χ2v) is 10.2. The lowest BCUT2D eigenvalue weighted by Crippen LogP contribution is -2.49. The molecule has 1 saturated carbocycles. The molecule has 33 heavy (non-hydrogen) atoms. The molecule has 2 aliphatic rings. The van der Waals surface area contributed by atoms with E-state index in [4.69, 9.17) is 4.74 Å². The molecule has 2 aromatic rings. The number of carbonyl (C=O) groups excluding carboxylic acids is 1. The van der Waals surface area contributed by atoms with Crippen molar-refractivity contribution in [2.45, 2.75) is 23.9 Å². The van der Waals surface area contributed by atoms with E-state index in [0.717, 1.165) is 31.5 Å². The van der Waals surface area contributed by atoms with E-state index in [-0.39, 0.29) is 48.4 Å². The van der Waals surface area contributed by atoms with E-state index in [1.807, 2.05) is 0 Å². The molecule has 1 aromatic carbocycles. The van der Waals surface area contributed by atoms with Gasteiger partial charge < -0.3 is 14.5 Å². The molecule has 0 radical (unpaired) electrons. The topological polar surface area (TPSA) is 92.7 Å². The molecule has 2 fully saturated rings. The summed E-state index contributed by atoms with van der Waals surface area (Å²) in [5, 5.41) is 0. The summed E-state index contributed by atoms with van der Waals surface area (Å²) in [6.45, 7) is 1.46. The van der Waals surface area contributed by atoms with Crippen molar-refractivity contribution < 1.29 is 31.1 Å². The first-order valence-electron chi connectivity index (χ1n) is 10.4. The summed E-state index contributed by atoms with van der Waals surface area (Å²) in [6.07, 6.45) is -0.513. The van der Waals surface area contributed by atoms with Gasteiger partial charge in [0.25, 0.3) is 5.91 Å². The molecule has 12 heteroatoms. The first-order valence-corrected chi connectivity index (χ1v) is 12.3. The minimum absolute atomic E-state index is 0.0175. The molecule has 178 valence electrons. The molecular weight excluding hydrogens is 461 g/mol. The third-order valence-electron chi connectivity index (χ3n) is 5.62. The van der Waals surface area contributed by atoms with Crippen LogP contribution in [0.4, 0.5) is 19.0 Å². The van der Waals surface area contributed by atoms with E-state index in [9.17, 15) is 26.4 Å². The number of alkyl halides is 3. The van der Waals surface area contributed by atoms with Crippen molar-refractivity contribution in [1.29, 1.82) is 0 Å². The molecule has 0 unspecified atom stereocenters. The van der Waals surface area contributed by atoms with Crippen LogP contribution in [0.3, 0.4) is 0 Å². The highest BCUT2D eigenvalue weighted by Gasteiger charge is 2.34. The van der Waals surface area contributed by atoms with Gasteiger partial charge in [0, 0.05) is 38.5 Å². The molecule has 1 saturated heterocycles. The van der Waals surface area contributed by atoms with Gasteiger partial charge in [-0.25, -0.2) is 18.4 Å². The molecule has 1 aliphatic heterocycles. The minimum Gasteiger partial charge on any atom is -0.492 e. The highest BCUT2D eigenvalue weighted by atomic mass is 32.2. The number of benzene rings is 1. The van der Waals surface area contributed by atoms with Crippen LogP contribution in [0.2, 0.25) is 0 Å². The SMILES string of the molecule is CS(=O)(=O)c1ccc(OCC2CC2)c(C(=O)N2CCN(c3cc(C(F)(F)F)ncn3)CC2)c1. The van der Waals surface area contributed by atoms with E-state index < -0.39 is 21.7 Å². The molecule has 1 aromatic heterocycles. The Bertz CT molecular complexity index is 1140. The standard InChI is InChI=1S/C21H23F3N4O4S/c1-33(30,31)15-4-5-17(32-12-14-2-3-14)16(10-15)20(29)28-8-6-27(7-9-28)19-11-18(21(22,23)24)25-13-26-19/h4-5,10-11,13-14H,2-3,6-9,12H2,1H3. The van der Waals surface area contributed by atoms with Crippen LogP contribution in [0.1, 0.15) is 28.9 Å². The monoisotopic (exact) mass is 484 g/mol. The van der Waals surface area contributed by atoms with E-state index in [1.165, 1.54) is 23.1 Å². The van der Waals surface area contributed by atoms with Gasteiger partial charge in [-0.15, -0.1) is 0 Å². The number of ether oxygens (including phenoxy) is 1. The van der Waals surface area contributed by atoms with Crippen molar-refractivity contribution in [3.8, 4) is 5.75 Å². The normalized spacial score (nSPS) is 17.2. The van der Waals surface area contributed by atoms with Gasteiger partial charge in [-0.05, 0) is 37.0 Å². The third-order valence-corrected chi connectivity index (χ3v) is 6.73. The van der Waals surface area contributed by atoms with Gasteiger partial charge in [0.05, 0.1) is 17.1 Å². The van der Waals surface area contributed by atoms with Crippen LogP contribution in [-0.2, 0) is 16.0 Å². The second-order valence-electron chi connectivity index (χ2n) is 8.22. The summed E-state index contributed by atoms with van der Waals surface area (Å²) in [7, 11) is -3.53. The molecule has 0 spiro atoms. The Balaban J connectivity index is 1.50. The Labute approximate surface area is 189 Å². The lowest BCUT2D eigenvalue weighted by atomic mass is 10.1. The Morgan fingerprint density at radius 1 is 1.12 bits per heavy atom.